The third kappa shape index (κ3) is 4.43. The quantitative estimate of drug-likeness (QED) is 0.689. The van der Waals surface area contributed by atoms with Crippen molar-refractivity contribution in [2.75, 3.05) is 40.5 Å². The number of rotatable bonds is 8. The molecule has 1 aromatic carbocycles. The second kappa shape index (κ2) is 8.41. The summed E-state index contributed by atoms with van der Waals surface area (Å²) in [4.78, 5) is 14.1. The van der Waals surface area contributed by atoms with E-state index in [4.69, 9.17) is 9.47 Å². The number of amides is 1. The summed E-state index contributed by atoms with van der Waals surface area (Å²) < 4.78 is 24.0. The summed E-state index contributed by atoms with van der Waals surface area (Å²) in [7, 11) is 3.10. The Hall–Kier alpha value is -1.70. The molecule has 0 aromatic heterocycles. The first kappa shape index (κ1) is 18.6. The second-order valence-corrected chi connectivity index (χ2v) is 5.99. The standard InChI is InChI=1S/C17H25FN2O4/c1-23-9-7-19-12-17(22)6-3-8-20(16(17)21)11-13-10-14(24-2)4-5-15(13)18/h4-5,10,19,22H,3,6-9,11-12H2,1-2H3/t17-/m1/s1. The Kier molecular flexibility index (Phi) is 6.53. The van der Waals surface area contributed by atoms with Crippen LogP contribution in [0.5, 0.6) is 5.75 Å². The molecule has 1 atom stereocenters. The first-order chi connectivity index (χ1) is 11.5. The van der Waals surface area contributed by atoms with Crippen LogP contribution in [0.4, 0.5) is 4.39 Å². The zero-order valence-electron chi connectivity index (χ0n) is 14.2. The lowest BCUT2D eigenvalue weighted by Crippen LogP contribution is -2.58. The summed E-state index contributed by atoms with van der Waals surface area (Å²) in [5.74, 6) is -0.232. The van der Waals surface area contributed by atoms with E-state index >= 15 is 0 Å². The molecule has 1 fully saturated rings. The largest absolute Gasteiger partial charge is 0.497 e. The molecule has 0 radical (unpaired) electrons. The number of aliphatic hydroxyl groups is 1. The number of carbonyl (C=O) groups excluding carboxylic acids is 1. The molecule has 134 valence electrons. The van der Waals surface area contributed by atoms with E-state index in [0.717, 1.165) is 0 Å². The van der Waals surface area contributed by atoms with E-state index in [1.165, 1.54) is 24.1 Å². The summed E-state index contributed by atoms with van der Waals surface area (Å²) in [6, 6.07) is 4.43. The number of nitrogens with zero attached hydrogens (tertiary/aromatic N) is 1. The van der Waals surface area contributed by atoms with Gasteiger partial charge in [0.05, 0.1) is 13.7 Å². The van der Waals surface area contributed by atoms with Gasteiger partial charge in [-0.15, -0.1) is 0 Å². The van der Waals surface area contributed by atoms with Crippen LogP contribution in [0, 0.1) is 5.82 Å². The molecule has 1 aromatic rings. The van der Waals surface area contributed by atoms with Gasteiger partial charge in [-0.25, -0.2) is 4.39 Å². The van der Waals surface area contributed by atoms with Gasteiger partial charge in [-0.05, 0) is 31.0 Å². The van der Waals surface area contributed by atoms with Crippen molar-refractivity contribution >= 4 is 5.91 Å². The fourth-order valence-corrected chi connectivity index (χ4v) is 2.85. The smallest absolute Gasteiger partial charge is 0.256 e. The number of likely N-dealkylation sites (tertiary alicyclic amines) is 1. The number of benzene rings is 1. The van der Waals surface area contributed by atoms with Crippen LogP contribution in [0.1, 0.15) is 18.4 Å². The number of halogens is 1. The van der Waals surface area contributed by atoms with E-state index in [2.05, 4.69) is 5.32 Å². The van der Waals surface area contributed by atoms with Crippen molar-refractivity contribution in [3.8, 4) is 5.75 Å². The van der Waals surface area contributed by atoms with Gasteiger partial charge in [-0.3, -0.25) is 4.79 Å². The van der Waals surface area contributed by atoms with Gasteiger partial charge in [0.15, 0.2) is 5.60 Å². The molecule has 2 N–H and O–H groups in total. The summed E-state index contributed by atoms with van der Waals surface area (Å²) in [5.41, 5.74) is -1.08. The molecule has 0 aliphatic carbocycles. The minimum Gasteiger partial charge on any atom is -0.497 e. The van der Waals surface area contributed by atoms with Gasteiger partial charge in [0.25, 0.3) is 5.91 Å². The van der Waals surface area contributed by atoms with Crippen LogP contribution in [0.2, 0.25) is 0 Å². The minimum atomic E-state index is -1.46. The van der Waals surface area contributed by atoms with Crippen molar-refractivity contribution in [1.82, 2.24) is 10.2 Å². The van der Waals surface area contributed by atoms with E-state index in [9.17, 15) is 14.3 Å². The van der Waals surface area contributed by atoms with Crippen LogP contribution in [-0.4, -0.2) is 62.0 Å². The highest BCUT2D eigenvalue weighted by molar-refractivity contribution is 5.86. The number of hydrogen-bond acceptors (Lipinski definition) is 5. The molecular weight excluding hydrogens is 315 g/mol. The van der Waals surface area contributed by atoms with Gasteiger partial charge >= 0.3 is 0 Å². The summed E-state index contributed by atoms with van der Waals surface area (Å²) >= 11 is 0. The monoisotopic (exact) mass is 340 g/mol. The molecule has 2 rings (SSSR count). The molecule has 1 saturated heterocycles. The van der Waals surface area contributed by atoms with E-state index in [1.54, 1.807) is 13.2 Å². The van der Waals surface area contributed by atoms with Gasteiger partial charge in [-0.2, -0.15) is 0 Å². The topological polar surface area (TPSA) is 71.0 Å². The Morgan fingerprint density at radius 3 is 2.92 bits per heavy atom. The molecule has 0 spiro atoms. The predicted molar refractivity (Wildman–Crippen MR) is 87.3 cm³/mol. The first-order valence-electron chi connectivity index (χ1n) is 8.04. The molecule has 7 heteroatoms. The Balaban J connectivity index is 2.04. The number of carbonyl (C=O) groups is 1. The molecule has 1 aliphatic heterocycles. The van der Waals surface area contributed by atoms with E-state index in [1.807, 2.05) is 0 Å². The third-order valence-corrected chi connectivity index (χ3v) is 4.22. The van der Waals surface area contributed by atoms with Crippen LogP contribution < -0.4 is 10.1 Å². The summed E-state index contributed by atoms with van der Waals surface area (Å²) in [6.07, 6.45) is 1.06. The normalized spacial score (nSPS) is 21.2. The van der Waals surface area contributed by atoms with Crippen molar-refractivity contribution in [1.29, 1.82) is 0 Å². The number of piperidine rings is 1. The van der Waals surface area contributed by atoms with Crippen molar-refractivity contribution in [2.45, 2.75) is 25.0 Å². The van der Waals surface area contributed by atoms with Crippen molar-refractivity contribution in [3.05, 3.63) is 29.6 Å². The molecular formula is C17H25FN2O4. The van der Waals surface area contributed by atoms with Gasteiger partial charge in [0.2, 0.25) is 0 Å². The van der Waals surface area contributed by atoms with Gasteiger partial charge in [-0.1, -0.05) is 0 Å². The lowest BCUT2D eigenvalue weighted by molar-refractivity contribution is -0.157. The molecule has 0 unspecified atom stereocenters. The number of nitrogens with one attached hydrogen (secondary N) is 1. The Morgan fingerprint density at radius 1 is 1.42 bits per heavy atom. The molecule has 0 bridgehead atoms. The fraction of sp³-hybridized carbons (Fsp3) is 0.588. The second-order valence-electron chi connectivity index (χ2n) is 5.99. The van der Waals surface area contributed by atoms with Crippen molar-refractivity contribution in [3.63, 3.8) is 0 Å². The Labute approximate surface area is 141 Å². The van der Waals surface area contributed by atoms with Crippen LogP contribution in [0.25, 0.3) is 0 Å². The third-order valence-electron chi connectivity index (χ3n) is 4.22. The van der Waals surface area contributed by atoms with Crippen molar-refractivity contribution < 1.29 is 23.8 Å². The lowest BCUT2D eigenvalue weighted by Gasteiger charge is -2.38. The van der Waals surface area contributed by atoms with Crippen LogP contribution in [-0.2, 0) is 16.1 Å². The average molecular weight is 340 g/mol. The van der Waals surface area contributed by atoms with E-state index in [-0.39, 0.29) is 19.0 Å². The maximum Gasteiger partial charge on any atom is 0.256 e. The van der Waals surface area contributed by atoms with Crippen molar-refractivity contribution in [2.24, 2.45) is 0 Å². The first-order valence-corrected chi connectivity index (χ1v) is 8.04. The van der Waals surface area contributed by atoms with Crippen LogP contribution in [0.3, 0.4) is 0 Å². The van der Waals surface area contributed by atoms with Gasteiger partial charge < -0.3 is 24.8 Å². The molecule has 6 nitrogen and oxygen atoms in total. The Morgan fingerprint density at radius 2 is 2.21 bits per heavy atom. The number of ether oxygens (including phenoxy) is 2. The minimum absolute atomic E-state index is 0.113. The zero-order valence-corrected chi connectivity index (χ0v) is 14.2. The van der Waals surface area contributed by atoms with E-state index in [0.29, 0.717) is 43.9 Å². The molecule has 1 heterocycles. The number of hydrogen-bond donors (Lipinski definition) is 2. The lowest BCUT2D eigenvalue weighted by atomic mass is 9.91. The summed E-state index contributed by atoms with van der Waals surface area (Å²) in [5, 5.41) is 13.7. The summed E-state index contributed by atoms with van der Waals surface area (Å²) in [6.45, 7) is 1.82. The molecule has 0 saturated carbocycles. The van der Waals surface area contributed by atoms with Gasteiger partial charge in [0, 0.05) is 38.9 Å². The average Bonchev–Trinajstić information content (AvgIpc) is 2.58. The molecule has 24 heavy (non-hydrogen) atoms. The maximum absolute atomic E-state index is 14.0. The van der Waals surface area contributed by atoms with E-state index < -0.39 is 11.4 Å². The zero-order chi connectivity index (χ0) is 17.6. The highest BCUT2D eigenvalue weighted by Gasteiger charge is 2.41. The maximum atomic E-state index is 14.0. The van der Waals surface area contributed by atoms with Crippen LogP contribution >= 0.6 is 0 Å². The Bertz CT molecular complexity index is 570. The molecule has 1 aliphatic rings. The fourth-order valence-electron chi connectivity index (χ4n) is 2.85. The SMILES string of the molecule is COCCNC[C@]1(O)CCCN(Cc2cc(OC)ccc2F)C1=O. The highest BCUT2D eigenvalue weighted by atomic mass is 19.1. The predicted octanol–water partition coefficient (Wildman–Crippen LogP) is 0.924. The highest BCUT2D eigenvalue weighted by Crippen LogP contribution is 2.25. The number of methoxy groups -OCH3 is 2. The van der Waals surface area contributed by atoms with Crippen LogP contribution in [0.15, 0.2) is 18.2 Å². The van der Waals surface area contributed by atoms with Gasteiger partial charge in [0.1, 0.15) is 11.6 Å². The molecule has 1 amide bonds.